The lowest BCUT2D eigenvalue weighted by Crippen LogP contribution is -2.31. The molecule has 1 aliphatic rings. The Balaban J connectivity index is 1.75. The van der Waals surface area contributed by atoms with E-state index in [1.165, 1.54) is 6.42 Å². The Morgan fingerprint density at radius 2 is 1.62 bits per heavy atom. The summed E-state index contributed by atoms with van der Waals surface area (Å²) in [7, 11) is 0. The first-order chi connectivity index (χ1) is 13.8. The number of carbonyl (C=O) groups is 1. The number of nitrogens with one attached hydrogen (secondary N) is 1. The number of ether oxygens (including phenoxy) is 1. The third-order valence-corrected chi connectivity index (χ3v) is 6.78. The van der Waals surface area contributed by atoms with Gasteiger partial charge in [-0.15, -0.1) is 0 Å². The van der Waals surface area contributed by atoms with Crippen LogP contribution in [-0.2, 0) is 4.79 Å². The van der Waals surface area contributed by atoms with Crippen LogP contribution >= 0.6 is 46.4 Å². The monoisotopic (exact) mass is 474 g/mol. The first kappa shape index (κ1) is 22.4. The van der Waals surface area contributed by atoms with Crippen molar-refractivity contribution in [2.24, 2.45) is 0 Å². The van der Waals surface area contributed by atoms with Crippen LogP contribution in [0.4, 0.5) is 11.4 Å². The minimum absolute atomic E-state index is 0.244. The molecule has 1 saturated heterocycles. The number of piperidine rings is 1. The predicted octanol–water partition coefficient (Wildman–Crippen LogP) is 6.92. The molecule has 0 atom stereocenters. The number of halogens is 4. The molecule has 0 saturated carbocycles. The molecule has 1 heterocycles. The maximum Gasteiger partial charge on any atom is 0.262 e. The molecule has 0 unspecified atom stereocenters. The molecule has 0 spiro atoms. The summed E-state index contributed by atoms with van der Waals surface area (Å²) in [6, 6.07) is 5.48. The van der Waals surface area contributed by atoms with Crippen LogP contribution < -0.4 is 15.0 Å². The molecule has 0 radical (unpaired) electrons. The molecule has 29 heavy (non-hydrogen) atoms. The Labute approximate surface area is 191 Å². The summed E-state index contributed by atoms with van der Waals surface area (Å²) in [5.74, 6) is -0.0758. The highest BCUT2D eigenvalue weighted by atomic mass is 35.5. The standard InChI is InChI=1S/C21H22Cl4N2O2/c1-12-17(23)13(2)19(25)21(18(12)24)29-11-16(28)26-15-8-6-7-14(22)20(15)27-9-4-3-5-10-27/h6-8H,3-5,9-11H2,1-2H3,(H,26,28). The first-order valence-electron chi connectivity index (χ1n) is 9.41. The van der Waals surface area contributed by atoms with Crippen molar-refractivity contribution in [3.8, 4) is 5.75 Å². The van der Waals surface area contributed by atoms with E-state index in [1.54, 1.807) is 13.8 Å². The molecule has 1 fully saturated rings. The molecule has 0 bridgehead atoms. The fraction of sp³-hybridized carbons (Fsp3) is 0.381. The van der Waals surface area contributed by atoms with Crippen LogP contribution in [0.5, 0.6) is 5.75 Å². The molecule has 8 heteroatoms. The summed E-state index contributed by atoms with van der Waals surface area (Å²) in [5.41, 5.74) is 2.82. The van der Waals surface area contributed by atoms with Crippen LogP contribution in [0, 0.1) is 13.8 Å². The molecular formula is C21H22Cl4N2O2. The third kappa shape index (κ3) is 4.88. The van der Waals surface area contributed by atoms with E-state index in [0.29, 0.717) is 36.9 Å². The minimum atomic E-state index is -0.331. The van der Waals surface area contributed by atoms with Gasteiger partial charge >= 0.3 is 0 Å². The largest absolute Gasteiger partial charge is 0.481 e. The predicted molar refractivity (Wildman–Crippen MR) is 123 cm³/mol. The van der Waals surface area contributed by atoms with Gasteiger partial charge in [0.1, 0.15) is 0 Å². The van der Waals surface area contributed by atoms with Crippen LogP contribution in [0.1, 0.15) is 30.4 Å². The summed E-state index contributed by atoms with van der Waals surface area (Å²) in [6.07, 6.45) is 3.42. The van der Waals surface area contributed by atoms with Crippen LogP contribution in [0.3, 0.4) is 0 Å². The lowest BCUT2D eigenvalue weighted by atomic mass is 10.1. The van der Waals surface area contributed by atoms with Crippen LogP contribution in [0.25, 0.3) is 0 Å². The molecule has 0 aliphatic carbocycles. The van der Waals surface area contributed by atoms with Gasteiger partial charge in [0.05, 0.1) is 26.4 Å². The van der Waals surface area contributed by atoms with Crippen molar-refractivity contribution in [3.05, 3.63) is 49.4 Å². The molecule has 1 amide bonds. The second kappa shape index (κ2) is 9.65. The fourth-order valence-electron chi connectivity index (χ4n) is 3.42. The van der Waals surface area contributed by atoms with Gasteiger partial charge in [-0.3, -0.25) is 4.79 Å². The number of benzene rings is 2. The van der Waals surface area contributed by atoms with Gasteiger partial charge < -0.3 is 15.0 Å². The van der Waals surface area contributed by atoms with Crippen molar-refractivity contribution in [2.75, 3.05) is 29.9 Å². The number of hydrogen-bond acceptors (Lipinski definition) is 3. The zero-order valence-corrected chi connectivity index (χ0v) is 19.3. The number of rotatable bonds is 5. The van der Waals surface area contributed by atoms with Crippen LogP contribution in [-0.4, -0.2) is 25.6 Å². The smallest absolute Gasteiger partial charge is 0.262 e. The number of hydrogen-bond donors (Lipinski definition) is 1. The van der Waals surface area contributed by atoms with E-state index in [-0.39, 0.29) is 18.3 Å². The average molecular weight is 476 g/mol. The number of amides is 1. The van der Waals surface area contributed by atoms with Crippen LogP contribution in [0.2, 0.25) is 20.1 Å². The van der Waals surface area contributed by atoms with E-state index in [4.69, 9.17) is 51.1 Å². The number of nitrogens with zero attached hydrogens (tertiary/aromatic N) is 1. The Morgan fingerprint density at radius 3 is 2.24 bits per heavy atom. The van der Waals surface area contributed by atoms with Crippen molar-refractivity contribution in [2.45, 2.75) is 33.1 Å². The van der Waals surface area contributed by atoms with E-state index in [1.807, 2.05) is 18.2 Å². The summed E-state index contributed by atoms with van der Waals surface area (Å²) in [4.78, 5) is 14.8. The molecule has 156 valence electrons. The quantitative estimate of drug-likeness (QED) is 0.509. The van der Waals surface area contributed by atoms with Gasteiger partial charge in [-0.05, 0) is 56.4 Å². The van der Waals surface area contributed by atoms with Gasteiger partial charge in [-0.1, -0.05) is 52.5 Å². The Hall–Kier alpha value is -1.33. The van der Waals surface area contributed by atoms with Gasteiger partial charge in [0, 0.05) is 18.1 Å². The normalized spacial score (nSPS) is 14.1. The zero-order valence-electron chi connectivity index (χ0n) is 16.3. The molecule has 2 aromatic rings. The Bertz CT molecular complexity index is 898. The van der Waals surface area contributed by atoms with Crippen molar-refractivity contribution in [1.82, 2.24) is 0 Å². The average Bonchev–Trinajstić information content (AvgIpc) is 2.71. The lowest BCUT2D eigenvalue weighted by molar-refractivity contribution is -0.118. The summed E-state index contributed by atoms with van der Waals surface area (Å²) < 4.78 is 5.65. The highest BCUT2D eigenvalue weighted by Gasteiger charge is 2.21. The molecular weight excluding hydrogens is 454 g/mol. The van der Waals surface area contributed by atoms with Gasteiger partial charge in [0.25, 0.3) is 5.91 Å². The van der Waals surface area contributed by atoms with E-state index in [9.17, 15) is 4.79 Å². The number of carbonyl (C=O) groups excluding carboxylic acids is 1. The summed E-state index contributed by atoms with van der Waals surface area (Å²) in [6.45, 7) is 5.14. The van der Waals surface area contributed by atoms with Gasteiger partial charge in [0.15, 0.2) is 12.4 Å². The van der Waals surface area contributed by atoms with Crippen molar-refractivity contribution in [1.29, 1.82) is 0 Å². The summed E-state index contributed by atoms with van der Waals surface area (Å²) >= 11 is 25.3. The highest BCUT2D eigenvalue weighted by molar-refractivity contribution is 6.42. The SMILES string of the molecule is Cc1c(Cl)c(C)c(Cl)c(OCC(=O)Nc2cccc(Cl)c2N2CCCCC2)c1Cl. The lowest BCUT2D eigenvalue weighted by Gasteiger charge is -2.31. The number of para-hydroxylation sites is 1. The second-order valence-corrected chi connectivity index (χ2v) is 8.58. The van der Waals surface area contributed by atoms with Gasteiger partial charge in [-0.2, -0.15) is 0 Å². The number of anilines is 2. The Morgan fingerprint density at radius 1 is 1.00 bits per heavy atom. The molecule has 1 aliphatic heterocycles. The molecule has 4 nitrogen and oxygen atoms in total. The third-order valence-electron chi connectivity index (χ3n) is 5.00. The van der Waals surface area contributed by atoms with E-state index >= 15 is 0 Å². The van der Waals surface area contributed by atoms with Crippen molar-refractivity contribution >= 4 is 63.7 Å². The summed E-state index contributed by atoms with van der Waals surface area (Å²) in [5, 5.41) is 4.60. The molecule has 1 N–H and O–H groups in total. The topological polar surface area (TPSA) is 41.6 Å². The highest BCUT2D eigenvalue weighted by Crippen LogP contribution is 2.42. The van der Waals surface area contributed by atoms with Gasteiger partial charge in [-0.25, -0.2) is 0 Å². The first-order valence-corrected chi connectivity index (χ1v) is 10.9. The van der Waals surface area contributed by atoms with Crippen LogP contribution in [0.15, 0.2) is 18.2 Å². The second-order valence-electron chi connectivity index (χ2n) is 7.04. The van der Waals surface area contributed by atoms with Crippen molar-refractivity contribution in [3.63, 3.8) is 0 Å². The van der Waals surface area contributed by atoms with Crippen molar-refractivity contribution < 1.29 is 9.53 Å². The van der Waals surface area contributed by atoms with E-state index in [0.717, 1.165) is 31.6 Å². The molecule has 0 aromatic heterocycles. The zero-order chi connectivity index (χ0) is 21.1. The Kier molecular flexibility index (Phi) is 7.44. The fourth-order valence-corrected chi connectivity index (χ4v) is 4.53. The molecule has 3 rings (SSSR count). The maximum absolute atomic E-state index is 12.6. The van der Waals surface area contributed by atoms with E-state index < -0.39 is 0 Å². The van der Waals surface area contributed by atoms with Gasteiger partial charge in [0.2, 0.25) is 0 Å². The molecule has 2 aromatic carbocycles. The van der Waals surface area contributed by atoms with E-state index in [2.05, 4.69) is 10.2 Å². The maximum atomic E-state index is 12.6. The minimum Gasteiger partial charge on any atom is -0.481 e.